The third-order valence-corrected chi connectivity index (χ3v) is 5.34. The molecule has 1 aromatic heterocycles. The Morgan fingerprint density at radius 1 is 1.19 bits per heavy atom. The number of hydrogen-bond acceptors (Lipinski definition) is 2. The molecular weight excluding hydrogens is 347 g/mol. The number of anilines is 1. The molecule has 0 saturated heterocycles. The maximum absolute atomic E-state index is 13.1. The number of halogens is 4. The van der Waals surface area contributed by atoms with Gasteiger partial charge in [-0.15, -0.1) is 0 Å². The van der Waals surface area contributed by atoms with Crippen molar-refractivity contribution in [3.8, 4) is 0 Å². The highest BCUT2D eigenvalue weighted by Crippen LogP contribution is 2.41. The second-order valence-electron chi connectivity index (χ2n) is 6.03. The summed E-state index contributed by atoms with van der Waals surface area (Å²) in [5.41, 5.74) is 0.764. The summed E-state index contributed by atoms with van der Waals surface area (Å²) in [7, 11) is 0. The Hall–Kier alpha value is -0.720. The number of rotatable bonds is 2. The zero-order chi connectivity index (χ0) is 15.0. The molecule has 1 aliphatic heterocycles. The van der Waals surface area contributed by atoms with Crippen LogP contribution >= 0.6 is 15.9 Å². The van der Waals surface area contributed by atoms with Crippen LogP contribution in [0, 0.1) is 5.92 Å². The lowest BCUT2D eigenvalue weighted by atomic mass is 9.86. The van der Waals surface area contributed by atoms with Crippen molar-refractivity contribution in [2.45, 2.75) is 57.2 Å². The van der Waals surface area contributed by atoms with Crippen molar-refractivity contribution in [3.63, 3.8) is 0 Å². The van der Waals surface area contributed by atoms with Crippen LogP contribution in [-0.2, 0) is 6.42 Å². The van der Waals surface area contributed by atoms with Crippen molar-refractivity contribution < 1.29 is 13.2 Å². The normalized spacial score (nSPS) is 23.7. The Morgan fingerprint density at radius 2 is 1.90 bits per heavy atom. The van der Waals surface area contributed by atoms with E-state index in [1.807, 2.05) is 0 Å². The van der Waals surface area contributed by atoms with E-state index in [0.717, 1.165) is 29.6 Å². The minimum absolute atomic E-state index is 0.0352. The first-order valence-corrected chi connectivity index (χ1v) is 8.33. The van der Waals surface area contributed by atoms with Crippen molar-refractivity contribution in [2.75, 3.05) is 11.9 Å². The highest BCUT2D eigenvalue weighted by atomic mass is 79.9. The molecule has 1 unspecified atom stereocenters. The van der Waals surface area contributed by atoms with Crippen molar-refractivity contribution >= 4 is 21.7 Å². The summed E-state index contributed by atoms with van der Waals surface area (Å²) < 4.78 is 41.2. The molecule has 118 valence electrons. The Bertz CT molecular complexity index is 506. The van der Waals surface area contributed by atoms with Crippen LogP contribution < -0.4 is 5.32 Å². The van der Waals surface area contributed by atoms with Gasteiger partial charge in [-0.1, -0.05) is 32.1 Å². The van der Waals surface area contributed by atoms with E-state index in [1.165, 1.54) is 19.3 Å². The van der Waals surface area contributed by atoms with Gasteiger partial charge >= 0.3 is 6.18 Å². The van der Waals surface area contributed by atoms with E-state index in [-0.39, 0.29) is 6.42 Å². The Kier molecular flexibility index (Phi) is 4.21. The van der Waals surface area contributed by atoms with Crippen LogP contribution in [0.2, 0.25) is 0 Å². The summed E-state index contributed by atoms with van der Waals surface area (Å²) in [6.45, 7) is 0.331. The summed E-state index contributed by atoms with van der Waals surface area (Å²) in [4.78, 5) is 0. The minimum atomic E-state index is -4.25. The van der Waals surface area contributed by atoms with Gasteiger partial charge in [-0.3, -0.25) is 0 Å². The fourth-order valence-corrected chi connectivity index (χ4v) is 3.96. The lowest BCUT2D eigenvalue weighted by molar-refractivity contribution is -0.171. The molecule has 3 rings (SSSR count). The SMILES string of the molecule is FC(F)(F)C1CCNc2c(Br)c(CC3CCCCC3)nn21. The molecule has 1 fully saturated rings. The van der Waals surface area contributed by atoms with E-state index >= 15 is 0 Å². The maximum atomic E-state index is 13.1. The molecule has 3 nitrogen and oxygen atoms in total. The van der Waals surface area contributed by atoms with Crippen LogP contribution in [0.4, 0.5) is 19.0 Å². The van der Waals surface area contributed by atoms with Crippen molar-refractivity contribution in [1.29, 1.82) is 0 Å². The highest BCUT2D eigenvalue weighted by molar-refractivity contribution is 9.10. The van der Waals surface area contributed by atoms with E-state index < -0.39 is 12.2 Å². The predicted molar refractivity (Wildman–Crippen MR) is 78.4 cm³/mol. The summed E-state index contributed by atoms with van der Waals surface area (Å²) in [6.07, 6.45) is 2.59. The second kappa shape index (κ2) is 5.82. The lowest BCUT2D eigenvalue weighted by Gasteiger charge is -2.27. The average Bonchev–Trinajstić information content (AvgIpc) is 2.76. The van der Waals surface area contributed by atoms with Crippen LogP contribution in [-0.4, -0.2) is 22.5 Å². The van der Waals surface area contributed by atoms with E-state index in [1.54, 1.807) is 0 Å². The van der Waals surface area contributed by atoms with Gasteiger partial charge in [-0.25, -0.2) is 4.68 Å². The summed E-state index contributed by atoms with van der Waals surface area (Å²) in [6, 6.07) is -1.51. The minimum Gasteiger partial charge on any atom is -0.369 e. The molecule has 2 aliphatic rings. The fourth-order valence-electron chi connectivity index (χ4n) is 3.39. The smallest absolute Gasteiger partial charge is 0.369 e. The van der Waals surface area contributed by atoms with Crippen LogP contribution in [0.3, 0.4) is 0 Å². The molecular formula is C14H19BrF3N3. The predicted octanol–water partition coefficient (Wildman–Crippen LogP) is 4.69. The van der Waals surface area contributed by atoms with Crippen LogP contribution in [0.1, 0.15) is 50.3 Å². The molecule has 0 spiro atoms. The van der Waals surface area contributed by atoms with Gasteiger partial charge < -0.3 is 5.32 Å². The molecule has 1 aliphatic carbocycles. The largest absolute Gasteiger partial charge is 0.410 e. The number of hydrogen-bond donors (Lipinski definition) is 1. The highest BCUT2D eigenvalue weighted by Gasteiger charge is 2.44. The van der Waals surface area contributed by atoms with Gasteiger partial charge in [0.15, 0.2) is 6.04 Å². The maximum Gasteiger partial charge on any atom is 0.410 e. The summed E-state index contributed by atoms with van der Waals surface area (Å²) >= 11 is 3.44. The average molecular weight is 366 g/mol. The molecule has 1 aromatic rings. The number of aromatic nitrogens is 2. The van der Waals surface area contributed by atoms with Crippen molar-refractivity contribution in [3.05, 3.63) is 10.2 Å². The number of alkyl halides is 3. The summed E-state index contributed by atoms with van der Waals surface area (Å²) in [5.74, 6) is 1.03. The van der Waals surface area contributed by atoms with Gasteiger partial charge in [0.25, 0.3) is 0 Å². The van der Waals surface area contributed by atoms with Gasteiger partial charge in [0.1, 0.15) is 5.82 Å². The third kappa shape index (κ3) is 3.07. The van der Waals surface area contributed by atoms with Gasteiger partial charge in [0.05, 0.1) is 10.2 Å². The third-order valence-electron chi connectivity index (χ3n) is 4.51. The standard InChI is InChI=1S/C14H19BrF3N3/c15-12-10(8-9-4-2-1-3-5-9)20-21-11(14(16,17)18)6-7-19-13(12)21/h9,11,19H,1-8H2. The molecule has 0 amide bonds. The van der Waals surface area contributed by atoms with Gasteiger partial charge in [0, 0.05) is 6.54 Å². The molecule has 0 aromatic carbocycles. The Balaban J connectivity index is 1.85. The van der Waals surface area contributed by atoms with E-state index in [4.69, 9.17) is 0 Å². The number of nitrogens with zero attached hydrogens (tertiary/aromatic N) is 2. The van der Waals surface area contributed by atoms with E-state index in [0.29, 0.717) is 22.8 Å². The van der Waals surface area contributed by atoms with Crippen LogP contribution in [0.25, 0.3) is 0 Å². The quantitative estimate of drug-likeness (QED) is 0.823. The molecule has 7 heteroatoms. The van der Waals surface area contributed by atoms with Gasteiger partial charge in [0.2, 0.25) is 0 Å². The second-order valence-corrected chi connectivity index (χ2v) is 6.83. The van der Waals surface area contributed by atoms with Crippen LogP contribution in [0.5, 0.6) is 0 Å². The molecule has 1 saturated carbocycles. The molecule has 2 heterocycles. The van der Waals surface area contributed by atoms with Crippen LogP contribution in [0.15, 0.2) is 4.47 Å². The topological polar surface area (TPSA) is 29.9 Å². The van der Waals surface area contributed by atoms with Crippen molar-refractivity contribution in [1.82, 2.24) is 9.78 Å². The molecule has 1 atom stereocenters. The van der Waals surface area contributed by atoms with E-state index in [2.05, 4.69) is 26.3 Å². The number of fused-ring (bicyclic) bond motifs is 1. The van der Waals surface area contributed by atoms with Crippen molar-refractivity contribution in [2.24, 2.45) is 5.92 Å². The monoisotopic (exact) mass is 365 g/mol. The summed E-state index contributed by atoms with van der Waals surface area (Å²) in [5, 5.41) is 7.32. The first-order chi connectivity index (χ1) is 9.97. The van der Waals surface area contributed by atoms with E-state index in [9.17, 15) is 13.2 Å². The molecule has 0 bridgehead atoms. The first-order valence-electron chi connectivity index (χ1n) is 7.54. The molecule has 1 N–H and O–H groups in total. The number of nitrogens with one attached hydrogen (secondary N) is 1. The zero-order valence-electron chi connectivity index (χ0n) is 11.7. The molecule has 0 radical (unpaired) electrons. The fraction of sp³-hybridized carbons (Fsp3) is 0.786. The first kappa shape index (κ1) is 15.2. The Labute approximate surface area is 130 Å². The molecule has 21 heavy (non-hydrogen) atoms. The zero-order valence-corrected chi connectivity index (χ0v) is 13.3. The Morgan fingerprint density at radius 3 is 2.57 bits per heavy atom. The lowest BCUT2D eigenvalue weighted by Crippen LogP contribution is -2.34. The van der Waals surface area contributed by atoms with Gasteiger partial charge in [-0.05, 0) is 34.7 Å². The van der Waals surface area contributed by atoms with Gasteiger partial charge in [-0.2, -0.15) is 18.3 Å².